The van der Waals surface area contributed by atoms with Crippen LogP contribution in [-0.2, 0) is 13.1 Å². The van der Waals surface area contributed by atoms with Crippen molar-refractivity contribution in [3.05, 3.63) is 117 Å². The summed E-state index contributed by atoms with van der Waals surface area (Å²) in [6.07, 6.45) is 2.25. The highest BCUT2D eigenvalue weighted by molar-refractivity contribution is 8.13. The maximum atomic E-state index is 13.9. The number of halogens is 4. The number of benzene rings is 3. The number of hydrogen-bond donors (Lipinski definition) is 1. The minimum atomic E-state index is -0.324. The summed E-state index contributed by atoms with van der Waals surface area (Å²) < 4.78 is 13.9. The Balaban J connectivity index is 1.76. The highest BCUT2D eigenvalue weighted by atomic mass is 35.5. The van der Waals surface area contributed by atoms with Gasteiger partial charge in [-0.3, -0.25) is 0 Å². The van der Waals surface area contributed by atoms with Gasteiger partial charge in [0.25, 0.3) is 0 Å². The average molecular weight is 548 g/mol. The van der Waals surface area contributed by atoms with Crippen molar-refractivity contribution in [3.8, 4) is 5.75 Å². The largest absolute Gasteiger partial charge is 0.508 e. The Morgan fingerprint density at radius 2 is 1.63 bits per heavy atom. The highest BCUT2D eigenvalue weighted by Crippen LogP contribution is 2.32. The molecule has 0 aliphatic heterocycles. The Bertz CT molecular complexity index is 1290. The molecule has 1 aliphatic carbocycles. The van der Waals surface area contributed by atoms with E-state index in [0.717, 1.165) is 16.0 Å². The van der Waals surface area contributed by atoms with Crippen LogP contribution in [0.25, 0.3) is 0 Å². The second-order valence-electron chi connectivity index (χ2n) is 7.97. The number of phenols is 1. The first kappa shape index (κ1) is 25.6. The van der Waals surface area contributed by atoms with E-state index in [2.05, 4.69) is 4.90 Å². The van der Waals surface area contributed by atoms with E-state index in [1.54, 1.807) is 30.3 Å². The minimum absolute atomic E-state index is 0.0862. The molecule has 3 nitrogen and oxygen atoms in total. The first-order valence-corrected chi connectivity index (χ1v) is 12.9. The molecule has 8 heteroatoms. The van der Waals surface area contributed by atoms with Gasteiger partial charge in [-0.1, -0.05) is 83.0 Å². The van der Waals surface area contributed by atoms with Crippen molar-refractivity contribution < 1.29 is 9.50 Å². The molecule has 1 aliphatic rings. The van der Waals surface area contributed by atoms with Gasteiger partial charge in [0.1, 0.15) is 11.6 Å². The Kier molecular flexibility index (Phi) is 8.79. The second-order valence-corrected chi connectivity index (χ2v) is 10.2. The van der Waals surface area contributed by atoms with E-state index in [1.165, 1.54) is 11.8 Å². The summed E-state index contributed by atoms with van der Waals surface area (Å²) in [4.78, 5) is 8.03. The van der Waals surface area contributed by atoms with Crippen molar-refractivity contribution in [2.45, 2.75) is 30.8 Å². The van der Waals surface area contributed by atoms with Gasteiger partial charge in [0.2, 0.25) is 0 Å². The lowest BCUT2D eigenvalue weighted by atomic mass is 10.1. The Labute approximate surface area is 223 Å². The summed E-state index contributed by atoms with van der Waals surface area (Å²) in [5.74, 6) is -0.135. The second kappa shape index (κ2) is 12.0. The Morgan fingerprint density at radius 3 is 2.31 bits per heavy atom. The number of aromatic hydroxyl groups is 1. The van der Waals surface area contributed by atoms with Crippen LogP contribution in [-0.4, -0.2) is 15.2 Å². The van der Waals surface area contributed by atoms with Crippen molar-refractivity contribution >= 4 is 51.7 Å². The number of rotatable bonds is 6. The molecule has 0 unspecified atom stereocenters. The van der Waals surface area contributed by atoms with Crippen LogP contribution in [0.15, 0.2) is 105 Å². The van der Waals surface area contributed by atoms with E-state index in [1.807, 2.05) is 48.5 Å². The van der Waals surface area contributed by atoms with Crippen LogP contribution < -0.4 is 0 Å². The molecule has 0 atom stereocenters. The molecule has 0 fully saturated rings. The third kappa shape index (κ3) is 7.28. The van der Waals surface area contributed by atoms with Crippen molar-refractivity contribution in [1.29, 1.82) is 0 Å². The number of amidine groups is 1. The standard InChI is InChI=1S/C27H22Cl3FN2OS/c28-23-11-9-19(14-24(23)29)17-33(16-18-5-4-6-21(34)13-18)27(35-22-7-2-1-3-8-22)32-20-10-12-26(31)25(30)15-20/h1-9,11,13-15,34H,10,12,16-17H2. The lowest BCUT2D eigenvalue weighted by molar-refractivity contribution is 0.411. The Hall–Kier alpha value is -2.44. The molecule has 0 bridgehead atoms. The van der Waals surface area contributed by atoms with Gasteiger partial charge in [0.15, 0.2) is 5.17 Å². The maximum absolute atomic E-state index is 13.9. The summed E-state index contributed by atoms with van der Waals surface area (Å²) in [6.45, 7) is 0.953. The number of nitrogens with zero attached hydrogens (tertiary/aromatic N) is 2. The lowest BCUT2D eigenvalue weighted by Crippen LogP contribution is -2.28. The van der Waals surface area contributed by atoms with Crippen LogP contribution in [0.2, 0.25) is 10.0 Å². The number of aliphatic imine (C=N–C) groups is 1. The molecule has 0 saturated heterocycles. The molecule has 3 aromatic carbocycles. The van der Waals surface area contributed by atoms with E-state index in [-0.39, 0.29) is 23.0 Å². The molecule has 35 heavy (non-hydrogen) atoms. The van der Waals surface area contributed by atoms with Crippen LogP contribution in [0, 0.1) is 0 Å². The van der Waals surface area contributed by atoms with Crippen LogP contribution in [0.3, 0.4) is 0 Å². The van der Waals surface area contributed by atoms with Gasteiger partial charge in [-0.15, -0.1) is 0 Å². The van der Waals surface area contributed by atoms with Crippen LogP contribution in [0.4, 0.5) is 4.39 Å². The summed E-state index contributed by atoms with van der Waals surface area (Å²) >= 11 is 20.0. The van der Waals surface area contributed by atoms with E-state index < -0.39 is 0 Å². The van der Waals surface area contributed by atoms with E-state index in [4.69, 9.17) is 39.8 Å². The molecule has 1 N–H and O–H groups in total. The number of hydrogen-bond acceptors (Lipinski definition) is 3. The predicted octanol–water partition coefficient (Wildman–Crippen LogP) is 8.95. The molecule has 0 spiro atoms. The molecule has 0 amide bonds. The normalized spacial score (nSPS) is 14.2. The van der Waals surface area contributed by atoms with Gasteiger partial charge in [0.05, 0.1) is 15.1 Å². The summed E-state index contributed by atoms with van der Waals surface area (Å²) in [5, 5.41) is 11.8. The van der Waals surface area contributed by atoms with Gasteiger partial charge in [-0.05, 0) is 60.0 Å². The third-order valence-corrected chi connectivity index (χ3v) is 7.35. The highest BCUT2D eigenvalue weighted by Gasteiger charge is 2.19. The first-order valence-electron chi connectivity index (χ1n) is 10.9. The summed E-state index contributed by atoms with van der Waals surface area (Å²) in [6, 6.07) is 22.5. The zero-order chi connectivity index (χ0) is 24.8. The molecule has 0 aromatic heterocycles. The zero-order valence-corrected chi connectivity index (χ0v) is 21.7. The summed E-state index contributed by atoms with van der Waals surface area (Å²) in [5.41, 5.74) is 2.56. The fourth-order valence-electron chi connectivity index (χ4n) is 3.54. The fraction of sp³-hybridized carbons (Fsp3) is 0.148. The van der Waals surface area contributed by atoms with Crippen molar-refractivity contribution in [3.63, 3.8) is 0 Å². The van der Waals surface area contributed by atoms with Gasteiger partial charge < -0.3 is 10.0 Å². The molecule has 0 radical (unpaired) electrons. The molecule has 180 valence electrons. The predicted molar refractivity (Wildman–Crippen MR) is 145 cm³/mol. The monoisotopic (exact) mass is 546 g/mol. The lowest BCUT2D eigenvalue weighted by Gasteiger charge is -2.27. The van der Waals surface area contributed by atoms with Gasteiger partial charge >= 0.3 is 0 Å². The first-order chi connectivity index (χ1) is 16.9. The SMILES string of the molecule is Oc1cccc(CN(Cc2ccc(Cl)c(Cl)c2)C(=NC2=CC(Cl)=C(F)CC2)Sc2ccccc2)c1. The molecule has 0 heterocycles. The number of allylic oxidation sites excluding steroid dienone is 4. The summed E-state index contributed by atoms with van der Waals surface area (Å²) in [7, 11) is 0. The van der Waals surface area contributed by atoms with E-state index in [9.17, 15) is 9.50 Å². The van der Waals surface area contributed by atoms with Gasteiger partial charge in [-0.25, -0.2) is 9.38 Å². The van der Waals surface area contributed by atoms with Crippen molar-refractivity contribution in [2.24, 2.45) is 4.99 Å². The maximum Gasteiger partial charge on any atom is 0.169 e. The van der Waals surface area contributed by atoms with Crippen LogP contribution in [0.5, 0.6) is 5.75 Å². The minimum Gasteiger partial charge on any atom is -0.508 e. The molecular formula is C27H22Cl3FN2OS. The van der Waals surface area contributed by atoms with E-state index in [0.29, 0.717) is 40.4 Å². The Morgan fingerprint density at radius 1 is 0.886 bits per heavy atom. The quantitative estimate of drug-likeness (QED) is 0.190. The molecular weight excluding hydrogens is 526 g/mol. The van der Waals surface area contributed by atoms with Gasteiger partial charge in [0, 0.05) is 30.1 Å². The number of phenolic OH excluding ortho intramolecular Hbond substituents is 1. The number of thioether (sulfide) groups is 1. The molecule has 0 saturated carbocycles. The van der Waals surface area contributed by atoms with Gasteiger partial charge in [-0.2, -0.15) is 0 Å². The average Bonchev–Trinajstić information content (AvgIpc) is 2.84. The van der Waals surface area contributed by atoms with E-state index >= 15 is 0 Å². The van der Waals surface area contributed by atoms with Crippen LogP contribution >= 0.6 is 46.6 Å². The van der Waals surface area contributed by atoms with Crippen LogP contribution in [0.1, 0.15) is 24.0 Å². The molecule has 3 aromatic rings. The topological polar surface area (TPSA) is 35.8 Å². The smallest absolute Gasteiger partial charge is 0.169 e. The zero-order valence-electron chi connectivity index (χ0n) is 18.6. The molecule has 4 rings (SSSR count). The van der Waals surface area contributed by atoms with Crippen molar-refractivity contribution in [2.75, 3.05) is 0 Å². The third-order valence-electron chi connectivity index (χ3n) is 5.26. The fourth-order valence-corrected chi connectivity index (χ4v) is 5.01. The van der Waals surface area contributed by atoms with Crippen molar-refractivity contribution in [1.82, 2.24) is 4.90 Å².